The van der Waals surface area contributed by atoms with Crippen LogP contribution < -0.4 is 21.1 Å². The standard InChI is InChI=1S/C20H23BrN8O.ClH/c21-16-9-13-10-23-20(26-17(13)29(18(16)30)14-3-1-2-4-14)27-19-24-11-15(12-25-19)28-7-5-22-6-8-28;/h9-12,14,22H,1-8H2,(H,23,24,25,26,27);1H. The van der Waals surface area contributed by atoms with Gasteiger partial charge in [-0.2, -0.15) is 4.98 Å². The fraction of sp³-hybridized carbons (Fsp3) is 0.450. The van der Waals surface area contributed by atoms with E-state index in [0.717, 1.165) is 62.9 Å². The normalized spacial score (nSPS) is 17.0. The number of nitrogens with one attached hydrogen (secondary N) is 2. The Bertz CT molecular complexity index is 1110. The molecule has 0 bridgehead atoms. The molecule has 0 amide bonds. The number of pyridine rings is 1. The maximum absolute atomic E-state index is 12.8. The summed E-state index contributed by atoms with van der Waals surface area (Å²) >= 11 is 3.39. The summed E-state index contributed by atoms with van der Waals surface area (Å²) in [5, 5.41) is 7.24. The summed E-state index contributed by atoms with van der Waals surface area (Å²) in [5.41, 5.74) is 1.60. The van der Waals surface area contributed by atoms with Gasteiger partial charge >= 0.3 is 0 Å². The first-order valence-electron chi connectivity index (χ1n) is 10.3. The zero-order valence-electron chi connectivity index (χ0n) is 16.9. The van der Waals surface area contributed by atoms with Gasteiger partial charge in [-0.3, -0.25) is 14.7 Å². The molecule has 0 radical (unpaired) electrons. The molecular formula is C20H24BrClN8O. The van der Waals surface area contributed by atoms with Crippen molar-refractivity contribution < 1.29 is 0 Å². The largest absolute Gasteiger partial charge is 0.366 e. The molecule has 1 aliphatic heterocycles. The SMILES string of the molecule is Cl.O=c1c(Br)cc2cnc(Nc3ncc(N4CCNCC4)cn3)nc2n1C1CCCC1. The summed E-state index contributed by atoms with van der Waals surface area (Å²) in [6, 6.07) is 1.96. The second-order valence-electron chi connectivity index (χ2n) is 7.71. The molecule has 11 heteroatoms. The molecule has 2 N–H and O–H groups in total. The molecule has 31 heavy (non-hydrogen) atoms. The molecule has 2 aliphatic rings. The lowest BCUT2D eigenvalue weighted by Crippen LogP contribution is -2.43. The van der Waals surface area contributed by atoms with Gasteiger partial charge in [-0.05, 0) is 34.8 Å². The van der Waals surface area contributed by atoms with Gasteiger partial charge in [0.05, 0.1) is 22.6 Å². The average molecular weight is 508 g/mol. The van der Waals surface area contributed by atoms with Crippen LogP contribution >= 0.6 is 28.3 Å². The topological polar surface area (TPSA) is 101 Å². The first-order chi connectivity index (χ1) is 14.7. The Kier molecular flexibility index (Phi) is 6.68. The monoisotopic (exact) mass is 506 g/mol. The number of fused-ring (bicyclic) bond motifs is 1. The highest BCUT2D eigenvalue weighted by Gasteiger charge is 2.22. The molecule has 0 aromatic carbocycles. The summed E-state index contributed by atoms with van der Waals surface area (Å²) in [5.74, 6) is 0.811. The number of hydrogen-bond donors (Lipinski definition) is 2. The predicted molar refractivity (Wildman–Crippen MR) is 127 cm³/mol. The Morgan fingerprint density at radius 3 is 2.42 bits per heavy atom. The Balaban J connectivity index is 0.00000231. The minimum absolute atomic E-state index is 0. The van der Waals surface area contributed by atoms with Crippen molar-refractivity contribution in [1.29, 1.82) is 0 Å². The van der Waals surface area contributed by atoms with Gasteiger partial charge in [-0.25, -0.2) is 15.0 Å². The van der Waals surface area contributed by atoms with Crippen molar-refractivity contribution in [2.24, 2.45) is 0 Å². The van der Waals surface area contributed by atoms with Crippen LogP contribution in [0.25, 0.3) is 11.0 Å². The second kappa shape index (κ2) is 9.46. The van der Waals surface area contributed by atoms with Crippen molar-refractivity contribution in [2.45, 2.75) is 31.7 Å². The molecule has 9 nitrogen and oxygen atoms in total. The van der Waals surface area contributed by atoms with E-state index >= 15 is 0 Å². The van der Waals surface area contributed by atoms with E-state index in [1.807, 2.05) is 17.0 Å². The first kappa shape index (κ1) is 21.9. The molecule has 164 valence electrons. The molecular weight excluding hydrogens is 484 g/mol. The summed E-state index contributed by atoms with van der Waals surface area (Å²) in [6.07, 6.45) is 9.61. The van der Waals surface area contributed by atoms with Crippen molar-refractivity contribution in [1.82, 2.24) is 29.8 Å². The summed E-state index contributed by atoms with van der Waals surface area (Å²) < 4.78 is 2.35. The van der Waals surface area contributed by atoms with E-state index in [2.05, 4.69) is 51.4 Å². The molecule has 4 heterocycles. The first-order valence-corrected chi connectivity index (χ1v) is 11.1. The van der Waals surface area contributed by atoms with Crippen molar-refractivity contribution in [3.8, 4) is 0 Å². The van der Waals surface area contributed by atoms with Gasteiger partial charge in [-0.1, -0.05) is 12.8 Å². The van der Waals surface area contributed by atoms with Crippen LogP contribution in [0.5, 0.6) is 0 Å². The Morgan fingerprint density at radius 1 is 1.03 bits per heavy atom. The minimum Gasteiger partial charge on any atom is -0.366 e. The third-order valence-electron chi connectivity index (χ3n) is 5.76. The molecule has 3 aromatic heterocycles. The lowest BCUT2D eigenvalue weighted by atomic mass is 10.2. The zero-order chi connectivity index (χ0) is 20.5. The van der Waals surface area contributed by atoms with E-state index in [9.17, 15) is 4.79 Å². The van der Waals surface area contributed by atoms with Crippen LogP contribution in [0.15, 0.2) is 33.9 Å². The minimum atomic E-state index is -0.0457. The van der Waals surface area contributed by atoms with Crippen LogP contribution in [0.2, 0.25) is 0 Å². The highest BCUT2D eigenvalue weighted by atomic mass is 79.9. The van der Waals surface area contributed by atoms with Crippen molar-refractivity contribution in [2.75, 3.05) is 36.4 Å². The molecule has 1 saturated heterocycles. The molecule has 0 unspecified atom stereocenters. The summed E-state index contributed by atoms with van der Waals surface area (Å²) in [7, 11) is 0. The van der Waals surface area contributed by atoms with Crippen LogP contribution in [0.1, 0.15) is 31.7 Å². The highest BCUT2D eigenvalue weighted by molar-refractivity contribution is 9.10. The summed E-state index contributed by atoms with van der Waals surface area (Å²) in [4.78, 5) is 33.0. The quantitative estimate of drug-likeness (QED) is 0.556. The van der Waals surface area contributed by atoms with Crippen LogP contribution in [-0.2, 0) is 0 Å². The van der Waals surface area contributed by atoms with Crippen LogP contribution in [0, 0.1) is 0 Å². The van der Waals surface area contributed by atoms with Gasteiger partial charge in [0.15, 0.2) is 0 Å². The Hall–Kier alpha value is -2.30. The van der Waals surface area contributed by atoms with Crippen LogP contribution in [0.3, 0.4) is 0 Å². The van der Waals surface area contributed by atoms with E-state index in [-0.39, 0.29) is 24.0 Å². The number of aromatic nitrogens is 5. The average Bonchev–Trinajstić information content (AvgIpc) is 3.30. The maximum Gasteiger partial charge on any atom is 0.266 e. The van der Waals surface area contributed by atoms with E-state index < -0.39 is 0 Å². The molecule has 1 saturated carbocycles. The molecule has 2 fully saturated rings. The smallest absolute Gasteiger partial charge is 0.266 e. The second-order valence-corrected chi connectivity index (χ2v) is 8.56. The molecule has 0 spiro atoms. The zero-order valence-corrected chi connectivity index (χ0v) is 19.3. The highest BCUT2D eigenvalue weighted by Crippen LogP contribution is 2.31. The van der Waals surface area contributed by atoms with E-state index in [1.165, 1.54) is 0 Å². The fourth-order valence-corrected chi connectivity index (χ4v) is 4.66. The molecule has 0 atom stereocenters. The number of nitrogens with zero attached hydrogens (tertiary/aromatic N) is 6. The maximum atomic E-state index is 12.8. The number of piperazine rings is 1. The van der Waals surface area contributed by atoms with Crippen molar-refractivity contribution >= 4 is 57.0 Å². The number of halogens is 2. The molecule has 1 aliphatic carbocycles. The van der Waals surface area contributed by atoms with Gasteiger partial charge in [0, 0.05) is 43.8 Å². The third kappa shape index (κ3) is 4.51. The van der Waals surface area contributed by atoms with E-state index in [4.69, 9.17) is 0 Å². The van der Waals surface area contributed by atoms with E-state index in [1.54, 1.807) is 12.3 Å². The Morgan fingerprint density at radius 2 is 1.71 bits per heavy atom. The van der Waals surface area contributed by atoms with E-state index in [0.29, 0.717) is 22.0 Å². The third-order valence-corrected chi connectivity index (χ3v) is 6.33. The number of rotatable bonds is 4. The van der Waals surface area contributed by atoms with Crippen LogP contribution in [-0.4, -0.2) is 50.7 Å². The molecule has 3 aromatic rings. The number of hydrogen-bond acceptors (Lipinski definition) is 8. The lowest BCUT2D eigenvalue weighted by Gasteiger charge is -2.28. The fourth-order valence-electron chi connectivity index (χ4n) is 4.22. The van der Waals surface area contributed by atoms with Crippen molar-refractivity contribution in [3.05, 3.63) is 39.5 Å². The van der Waals surface area contributed by atoms with Gasteiger partial charge in [0.25, 0.3) is 5.56 Å². The lowest BCUT2D eigenvalue weighted by molar-refractivity contribution is 0.514. The number of anilines is 3. The van der Waals surface area contributed by atoms with Crippen LogP contribution in [0.4, 0.5) is 17.6 Å². The molecule has 5 rings (SSSR count). The van der Waals surface area contributed by atoms with Crippen molar-refractivity contribution in [3.63, 3.8) is 0 Å². The van der Waals surface area contributed by atoms with Gasteiger partial charge in [-0.15, -0.1) is 12.4 Å². The van der Waals surface area contributed by atoms with Gasteiger partial charge in [0.1, 0.15) is 5.65 Å². The van der Waals surface area contributed by atoms with Gasteiger partial charge < -0.3 is 10.2 Å². The summed E-state index contributed by atoms with van der Waals surface area (Å²) in [6.45, 7) is 3.81. The van der Waals surface area contributed by atoms with Gasteiger partial charge in [0.2, 0.25) is 11.9 Å². The Labute approximate surface area is 194 Å². The predicted octanol–water partition coefficient (Wildman–Crippen LogP) is 3.03.